The Kier molecular flexibility index (Phi) is 9.08. The molecule has 1 aromatic carbocycles. The second kappa shape index (κ2) is 10.1. The highest BCUT2D eigenvalue weighted by Crippen LogP contribution is 2.28. The van der Waals surface area contributed by atoms with Crippen molar-refractivity contribution in [3.63, 3.8) is 0 Å². The number of nitrogens with two attached hydrogens (primary N) is 1. The highest BCUT2D eigenvalue weighted by molar-refractivity contribution is 7.98. The summed E-state index contributed by atoms with van der Waals surface area (Å²) in [5.74, 6) is 0.531. The maximum Gasteiger partial charge on any atom is 0.241 e. The van der Waals surface area contributed by atoms with Gasteiger partial charge in [0.1, 0.15) is 6.04 Å². The molecule has 2 rings (SSSR count). The molecule has 2 atom stereocenters. The highest BCUT2D eigenvalue weighted by atomic mass is 35.5. The van der Waals surface area contributed by atoms with E-state index < -0.39 is 16.1 Å². The summed E-state index contributed by atoms with van der Waals surface area (Å²) in [4.78, 5) is 15.0. The number of likely N-dealkylation sites (tertiary alicyclic amines) is 1. The number of nitrogens with one attached hydrogen (secondary N) is 1. The van der Waals surface area contributed by atoms with Gasteiger partial charge in [0, 0.05) is 19.1 Å². The van der Waals surface area contributed by atoms with Gasteiger partial charge in [0.25, 0.3) is 0 Å². The number of piperidine rings is 1. The van der Waals surface area contributed by atoms with Crippen LogP contribution in [-0.4, -0.2) is 56.4 Å². The molecular weight excluding hydrogens is 406 g/mol. The molecule has 9 heteroatoms. The molecule has 6 nitrogen and oxygen atoms in total. The summed E-state index contributed by atoms with van der Waals surface area (Å²) in [5.41, 5.74) is 5.97. The molecule has 1 fully saturated rings. The Balaban J connectivity index is 0.00000364. The van der Waals surface area contributed by atoms with Crippen LogP contribution in [0.4, 0.5) is 0 Å². The lowest BCUT2D eigenvalue weighted by atomic mass is 9.79. The zero-order chi connectivity index (χ0) is 19.4. The molecule has 1 heterocycles. The Morgan fingerprint density at radius 2 is 2.00 bits per heavy atom. The van der Waals surface area contributed by atoms with Crippen molar-refractivity contribution in [1.82, 2.24) is 9.62 Å². The molecule has 154 valence electrons. The van der Waals surface area contributed by atoms with Crippen LogP contribution in [0, 0.1) is 5.41 Å². The normalized spacial score (nSPS) is 20.6. The Morgan fingerprint density at radius 1 is 1.37 bits per heavy atom. The highest BCUT2D eigenvalue weighted by Gasteiger charge is 2.38. The first-order valence-electron chi connectivity index (χ1n) is 8.78. The number of benzene rings is 1. The predicted molar refractivity (Wildman–Crippen MR) is 114 cm³/mol. The van der Waals surface area contributed by atoms with Crippen molar-refractivity contribution in [1.29, 1.82) is 0 Å². The minimum Gasteiger partial charge on any atom is -0.341 e. The minimum atomic E-state index is -3.74. The molecule has 0 aliphatic carbocycles. The van der Waals surface area contributed by atoms with E-state index in [1.807, 2.05) is 20.1 Å². The van der Waals surface area contributed by atoms with E-state index in [0.29, 0.717) is 25.3 Å². The summed E-state index contributed by atoms with van der Waals surface area (Å²) in [5, 5.41) is 0. The van der Waals surface area contributed by atoms with Crippen molar-refractivity contribution in [3.8, 4) is 0 Å². The van der Waals surface area contributed by atoms with E-state index in [9.17, 15) is 13.2 Å². The van der Waals surface area contributed by atoms with Gasteiger partial charge in [-0.25, -0.2) is 8.42 Å². The number of carbonyl (C=O) groups excluding carboxylic acids is 1. The first-order chi connectivity index (χ1) is 12.2. The Labute approximate surface area is 173 Å². The standard InChI is InChI=1S/C18H29N3O3S2.ClH/c1-18(2)13-21(11-9-16(18)19)17(22)15(10-12-25-3)20-26(23,24)14-7-5-4-6-8-14;/h4-8,15-16,20H,9-13,19H2,1-3H3;1H. The lowest BCUT2D eigenvalue weighted by molar-refractivity contribution is -0.136. The number of nitrogens with zero attached hydrogens (tertiary/aromatic N) is 1. The van der Waals surface area contributed by atoms with E-state index in [1.54, 1.807) is 34.9 Å². The number of carbonyl (C=O) groups is 1. The van der Waals surface area contributed by atoms with Crippen molar-refractivity contribution in [3.05, 3.63) is 30.3 Å². The van der Waals surface area contributed by atoms with Crippen LogP contribution in [-0.2, 0) is 14.8 Å². The van der Waals surface area contributed by atoms with Gasteiger partial charge in [-0.3, -0.25) is 4.79 Å². The summed E-state index contributed by atoms with van der Waals surface area (Å²) in [6, 6.07) is 7.43. The van der Waals surface area contributed by atoms with Crippen LogP contribution in [0.15, 0.2) is 35.2 Å². The zero-order valence-corrected chi connectivity index (χ0v) is 18.5. The Morgan fingerprint density at radius 3 is 2.56 bits per heavy atom. The van der Waals surface area contributed by atoms with Gasteiger partial charge in [0.15, 0.2) is 0 Å². The summed E-state index contributed by atoms with van der Waals surface area (Å²) in [6.07, 6.45) is 3.12. The lowest BCUT2D eigenvalue weighted by Crippen LogP contribution is -2.58. The van der Waals surface area contributed by atoms with E-state index >= 15 is 0 Å². The number of amides is 1. The lowest BCUT2D eigenvalue weighted by Gasteiger charge is -2.43. The van der Waals surface area contributed by atoms with Gasteiger partial charge >= 0.3 is 0 Å². The van der Waals surface area contributed by atoms with Gasteiger partial charge < -0.3 is 10.6 Å². The van der Waals surface area contributed by atoms with Gasteiger partial charge in [-0.2, -0.15) is 16.5 Å². The smallest absolute Gasteiger partial charge is 0.241 e. The molecule has 3 N–H and O–H groups in total. The number of sulfonamides is 1. The maximum atomic E-state index is 13.1. The third-order valence-corrected chi connectivity index (χ3v) is 7.02. The van der Waals surface area contributed by atoms with Gasteiger partial charge in [0.2, 0.25) is 15.9 Å². The van der Waals surface area contributed by atoms with Crippen LogP contribution >= 0.6 is 24.2 Å². The van der Waals surface area contributed by atoms with E-state index in [-0.39, 0.29) is 34.7 Å². The molecule has 1 aliphatic heterocycles. The molecule has 1 amide bonds. The Bertz CT molecular complexity index is 714. The fraction of sp³-hybridized carbons (Fsp3) is 0.611. The third kappa shape index (κ3) is 6.35. The molecule has 1 aromatic rings. The van der Waals surface area contributed by atoms with E-state index in [2.05, 4.69) is 4.72 Å². The second-order valence-electron chi connectivity index (χ2n) is 7.41. The van der Waals surface area contributed by atoms with Gasteiger partial charge in [-0.05, 0) is 42.4 Å². The van der Waals surface area contributed by atoms with E-state index in [4.69, 9.17) is 5.73 Å². The van der Waals surface area contributed by atoms with Crippen LogP contribution in [0.1, 0.15) is 26.7 Å². The average Bonchev–Trinajstić information content (AvgIpc) is 2.61. The molecule has 1 saturated heterocycles. The predicted octanol–water partition coefficient (Wildman–Crippen LogP) is 2.09. The minimum absolute atomic E-state index is 0. The molecule has 0 saturated carbocycles. The first kappa shape index (κ1) is 24.2. The van der Waals surface area contributed by atoms with Crippen molar-refractivity contribution in [2.75, 3.05) is 25.1 Å². The van der Waals surface area contributed by atoms with Crippen LogP contribution in [0.2, 0.25) is 0 Å². The van der Waals surface area contributed by atoms with Crippen LogP contribution < -0.4 is 10.5 Å². The van der Waals surface area contributed by atoms with E-state index in [0.717, 1.165) is 6.42 Å². The van der Waals surface area contributed by atoms with Gasteiger partial charge in [-0.1, -0.05) is 32.0 Å². The molecule has 27 heavy (non-hydrogen) atoms. The topological polar surface area (TPSA) is 92.5 Å². The van der Waals surface area contributed by atoms with Crippen LogP contribution in [0.5, 0.6) is 0 Å². The molecule has 0 aromatic heterocycles. The molecule has 1 aliphatic rings. The monoisotopic (exact) mass is 435 g/mol. The van der Waals surface area contributed by atoms with Crippen molar-refractivity contribution in [2.45, 2.75) is 43.7 Å². The Hall–Kier alpha value is -0.800. The molecular formula is C18H30ClN3O3S2. The number of thioether (sulfide) groups is 1. The maximum absolute atomic E-state index is 13.1. The number of rotatable bonds is 7. The summed E-state index contributed by atoms with van der Waals surface area (Å²) in [6.45, 7) is 5.19. The number of halogens is 1. The molecule has 2 unspecified atom stereocenters. The van der Waals surface area contributed by atoms with Crippen molar-refractivity contribution < 1.29 is 13.2 Å². The van der Waals surface area contributed by atoms with Crippen molar-refractivity contribution in [2.24, 2.45) is 11.1 Å². The third-order valence-electron chi connectivity index (χ3n) is 4.88. The summed E-state index contributed by atoms with van der Waals surface area (Å²) >= 11 is 1.59. The fourth-order valence-electron chi connectivity index (χ4n) is 3.11. The second-order valence-corrected chi connectivity index (χ2v) is 10.1. The molecule has 0 radical (unpaired) electrons. The average molecular weight is 436 g/mol. The zero-order valence-electron chi connectivity index (χ0n) is 16.1. The fourth-order valence-corrected chi connectivity index (χ4v) is 4.82. The quantitative estimate of drug-likeness (QED) is 0.684. The first-order valence-corrected chi connectivity index (χ1v) is 11.7. The van der Waals surface area contributed by atoms with Crippen LogP contribution in [0.3, 0.4) is 0 Å². The van der Waals surface area contributed by atoms with E-state index in [1.165, 1.54) is 12.1 Å². The molecule has 0 spiro atoms. The molecule has 0 bridgehead atoms. The summed E-state index contributed by atoms with van der Waals surface area (Å²) < 4.78 is 27.9. The van der Waals surface area contributed by atoms with Gasteiger partial charge in [0.05, 0.1) is 4.90 Å². The SMILES string of the molecule is CSCCC(NS(=O)(=O)c1ccccc1)C(=O)N1CCC(N)C(C)(C)C1.Cl. The largest absolute Gasteiger partial charge is 0.341 e. The van der Waals surface area contributed by atoms with Crippen molar-refractivity contribution >= 4 is 40.1 Å². The van der Waals surface area contributed by atoms with Crippen LogP contribution in [0.25, 0.3) is 0 Å². The number of hydrogen-bond donors (Lipinski definition) is 2. The summed E-state index contributed by atoms with van der Waals surface area (Å²) in [7, 11) is -3.74. The van der Waals surface area contributed by atoms with Gasteiger partial charge in [-0.15, -0.1) is 12.4 Å². The number of hydrogen-bond acceptors (Lipinski definition) is 5.